The highest BCUT2D eigenvalue weighted by atomic mass is 16.5. The highest BCUT2D eigenvalue weighted by molar-refractivity contribution is 5.80. The van der Waals surface area contributed by atoms with Crippen molar-refractivity contribution in [3.8, 4) is 0 Å². The fraction of sp³-hybridized carbons (Fsp3) is 0.938. The monoisotopic (exact) mass is 284 g/mol. The first kappa shape index (κ1) is 17.4. The minimum absolute atomic E-state index is 0.109. The molecule has 0 bridgehead atoms. The van der Waals surface area contributed by atoms with Gasteiger partial charge in [-0.2, -0.15) is 0 Å². The average molecular weight is 284 g/mol. The van der Waals surface area contributed by atoms with Crippen LogP contribution in [-0.4, -0.2) is 48.7 Å². The van der Waals surface area contributed by atoms with Crippen LogP contribution in [0.2, 0.25) is 0 Å². The normalized spacial score (nSPS) is 19.7. The molecule has 0 aromatic rings. The van der Waals surface area contributed by atoms with Crippen LogP contribution in [-0.2, 0) is 9.53 Å². The lowest BCUT2D eigenvalue weighted by atomic mass is 9.92. The van der Waals surface area contributed by atoms with Gasteiger partial charge < -0.3 is 9.64 Å². The van der Waals surface area contributed by atoms with Crippen molar-refractivity contribution < 1.29 is 9.53 Å². The quantitative estimate of drug-likeness (QED) is 0.626. The Morgan fingerprint density at radius 2 is 2.10 bits per heavy atom. The highest BCUT2D eigenvalue weighted by Gasteiger charge is 2.41. The number of ether oxygens (including phenoxy) is 1. The van der Waals surface area contributed by atoms with Crippen LogP contribution in [0.1, 0.15) is 59.8 Å². The fourth-order valence-corrected chi connectivity index (χ4v) is 2.54. The zero-order valence-corrected chi connectivity index (χ0v) is 13.9. The van der Waals surface area contributed by atoms with Crippen molar-refractivity contribution in [2.45, 2.75) is 77.4 Å². The minimum atomic E-state index is -0.558. The molecule has 0 amide bonds. The van der Waals surface area contributed by atoms with Crippen molar-refractivity contribution in [2.24, 2.45) is 0 Å². The second-order valence-corrected chi connectivity index (χ2v) is 6.36. The Hall–Kier alpha value is -0.610. The highest BCUT2D eigenvalue weighted by Crippen LogP contribution is 2.26. The van der Waals surface area contributed by atoms with Gasteiger partial charge in [-0.15, -0.1) is 0 Å². The number of carbonyl (C=O) groups excluding carboxylic acids is 1. The number of hydrogen-bond donors (Lipinski definition) is 1. The number of nitrogens with zero attached hydrogens (tertiary/aromatic N) is 1. The molecule has 0 heterocycles. The lowest BCUT2D eigenvalue weighted by Crippen LogP contribution is -2.54. The molecule has 1 aliphatic rings. The van der Waals surface area contributed by atoms with Crippen molar-refractivity contribution in [1.82, 2.24) is 10.2 Å². The van der Waals surface area contributed by atoms with E-state index in [1.54, 1.807) is 0 Å². The second kappa shape index (κ2) is 7.99. The van der Waals surface area contributed by atoms with E-state index in [9.17, 15) is 4.79 Å². The van der Waals surface area contributed by atoms with Gasteiger partial charge in [0.15, 0.2) is 0 Å². The Morgan fingerprint density at radius 3 is 2.60 bits per heavy atom. The zero-order chi connectivity index (χ0) is 15.2. The van der Waals surface area contributed by atoms with Crippen LogP contribution in [0.15, 0.2) is 0 Å². The first-order chi connectivity index (χ1) is 9.42. The SMILES string of the molecule is CCCCN(C)C(C)CC(C)(NC1CC1)C(=O)OCC. The molecule has 0 aromatic heterocycles. The maximum atomic E-state index is 12.3. The summed E-state index contributed by atoms with van der Waals surface area (Å²) in [5, 5.41) is 3.49. The third-order valence-corrected chi connectivity index (χ3v) is 4.15. The largest absolute Gasteiger partial charge is 0.465 e. The predicted molar refractivity (Wildman–Crippen MR) is 82.8 cm³/mol. The van der Waals surface area contributed by atoms with E-state index in [0.717, 1.165) is 13.0 Å². The van der Waals surface area contributed by atoms with Crippen molar-refractivity contribution in [1.29, 1.82) is 0 Å². The predicted octanol–water partition coefficient (Wildman–Crippen LogP) is 2.57. The number of unbranched alkanes of at least 4 members (excludes halogenated alkanes) is 1. The zero-order valence-electron chi connectivity index (χ0n) is 13.9. The summed E-state index contributed by atoms with van der Waals surface area (Å²) in [5.74, 6) is -0.109. The maximum absolute atomic E-state index is 12.3. The van der Waals surface area contributed by atoms with Crippen LogP contribution in [0.4, 0.5) is 0 Å². The van der Waals surface area contributed by atoms with E-state index in [1.165, 1.54) is 25.7 Å². The third kappa shape index (κ3) is 5.41. The first-order valence-electron chi connectivity index (χ1n) is 8.08. The molecule has 1 saturated carbocycles. The third-order valence-electron chi connectivity index (χ3n) is 4.15. The smallest absolute Gasteiger partial charge is 0.326 e. The second-order valence-electron chi connectivity index (χ2n) is 6.36. The summed E-state index contributed by atoms with van der Waals surface area (Å²) in [6.07, 6.45) is 5.55. The molecule has 0 aromatic carbocycles. The molecule has 118 valence electrons. The Balaban J connectivity index is 2.60. The minimum Gasteiger partial charge on any atom is -0.465 e. The van der Waals surface area contributed by atoms with Crippen molar-refractivity contribution in [3.05, 3.63) is 0 Å². The summed E-state index contributed by atoms with van der Waals surface area (Å²) in [6.45, 7) is 9.79. The Kier molecular flexibility index (Phi) is 6.96. The van der Waals surface area contributed by atoms with Gasteiger partial charge in [0.05, 0.1) is 6.61 Å². The maximum Gasteiger partial charge on any atom is 0.326 e. The molecule has 0 spiro atoms. The summed E-state index contributed by atoms with van der Waals surface area (Å²) in [5.41, 5.74) is -0.558. The van der Waals surface area contributed by atoms with E-state index in [1.807, 2.05) is 13.8 Å². The van der Waals surface area contributed by atoms with Crippen LogP contribution in [0.5, 0.6) is 0 Å². The van der Waals surface area contributed by atoms with E-state index in [0.29, 0.717) is 18.7 Å². The first-order valence-corrected chi connectivity index (χ1v) is 8.08. The van der Waals surface area contributed by atoms with Crippen LogP contribution >= 0.6 is 0 Å². The number of rotatable bonds is 10. The Morgan fingerprint density at radius 1 is 1.45 bits per heavy atom. The van der Waals surface area contributed by atoms with Gasteiger partial charge in [0.2, 0.25) is 0 Å². The lowest BCUT2D eigenvalue weighted by Gasteiger charge is -2.34. The standard InChI is InChI=1S/C16H32N2O2/c1-6-8-11-18(5)13(3)12-16(4,15(19)20-7-2)17-14-9-10-14/h13-14,17H,6-12H2,1-5H3. The Bertz CT molecular complexity index is 305. The molecule has 0 saturated heterocycles. The van der Waals surface area contributed by atoms with Crippen LogP contribution in [0.3, 0.4) is 0 Å². The number of hydrogen-bond acceptors (Lipinski definition) is 4. The van der Waals surface area contributed by atoms with Crippen molar-refractivity contribution in [3.63, 3.8) is 0 Å². The van der Waals surface area contributed by atoms with Crippen LogP contribution in [0, 0.1) is 0 Å². The van der Waals surface area contributed by atoms with Gasteiger partial charge in [0.25, 0.3) is 0 Å². The number of nitrogens with one attached hydrogen (secondary N) is 1. The molecule has 4 heteroatoms. The molecule has 4 nitrogen and oxygen atoms in total. The van der Waals surface area contributed by atoms with Crippen LogP contribution < -0.4 is 5.32 Å². The summed E-state index contributed by atoms with van der Waals surface area (Å²) >= 11 is 0. The molecule has 2 unspecified atom stereocenters. The van der Waals surface area contributed by atoms with Gasteiger partial charge in [-0.05, 0) is 60.0 Å². The van der Waals surface area contributed by atoms with Gasteiger partial charge in [0.1, 0.15) is 5.54 Å². The van der Waals surface area contributed by atoms with E-state index in [4.69, 9.17) is 4.74 Å². The molecule has 1 fully saturated rings. The van der Waals surface area contributed by atoms with E-state index < -0.39 is 5.54 Å². The number of carbonyl (C=O) groups is 1. The molecule has 1 rings (SSSR count). The summed E-state index contributed by atoms with van der Waals surface area (Å²) < 4.78 is 5.28. The molecule has 2 atom stereocenters. The molecule has 0 radical (unpaired) electrons. The fourth-order valence-electron chi connectivity index (χ4n) is 2.54. The van der Waals surface area contributed by atoms with Crippen LogP contribution in [0.25, 0.3) is 0 Å². The molecular weight excluding hydrogens is 252 g/mol. The average Bonchev–Trinajstić information content (AvgIpc) is 3.19. The molecule has 1 N–H and O–H groups in total. The van der Waals surface area contributed by atoms with E-state index >= 15 is 0 Å². The van der Waals surface area contributed by atoms with Gasteiger partial charge in [-0.1, -0.05) is 13.3 Å². The van der Waals surface area contributed by atoms with Gasteiger partial charge in [-0.3, -0.25) is 10.1 Å². The van der Waals surface area contributed by atoms with Crippen molar-refractivity contribution >= 4 is 5.97 Å². The van der Waals surface area contributed by atoms with E-state index in [-0.39, 0.29) is 5.97 Å². The molecule has 20 heavy (non-hydrogen) atoms. The molecule has 1 aliphatic carbocycles. The lowest BCUT2D eigenvalue weighted by molar-refractivity contribution is -0.151. The van der Waals surface area contributed by atoms with E-state index in [2.05, 4.69) is 31.1 Å². The van der Waals surface area contributed by atoms with Crippen molar-refractivity contribution in [2.75, 3.05) is 20.2 Å². The Labute approximate surface area is 124 Å². The molecule has 0 aliphatic heterocycles. The van der Waals surface area contributed by atoms with Gasteiger partial charge >= 0.3 is 5.97 Å². The molecular formula is C16H32N2O2. The summed E-state index contributed by atoms with van der Waals surface area (Å²) in [4.78, 5) is 14.6. The van der Waals surface area contributed by atoms with Gasteiger partial charge in [0, 0.05) is 12.1 Å². The number of esters is 1. The van der Waals surface area contributed by atoms with Gasteiger partial charge in [-0.25, -0.2) is 0 Å². The summed E-state index contributed by atoms with van der Waals surface area (Å²) in [6, 6.07) is 0.861. The topological polar surface area (TPSA) is 41.6 Å². The summed E-state index contributed by atoms with van der Waals surface area (Å²) in [7, 11) is 2.14.